The molecule has 0 bridgehead atoms. The minimum Gasteiger partial charge on any atom is -0.380 e. The van der Waals surface area contributed by atoms with E-state index in [0.29, 0.717) is 6.42 Å². The zero-order valence-corrected chi connectivity index (χ0v) is 11.5. The van der Waals surface area contributed by atoms with E-state index in [4.69, 9.17) is 4.74 Å². The van der Waals surface area contributed by atoms with E-state index in [2.05, 4.69) is 24.4 Å². The third-order valence-electron chi connectivity index (χ3n) is 5.26. The van der Waals surface area contributed by atoms with Crippen LogP contribution in [0.4, 0.5) is 0 Å². The van der Waals surface area contributed by atoms with Crippen LogP contribution in [0.5, 0.6) is 0 Å². The Hall–Kier alpha value is -1.39. The summed E-state index contributed by atoms with van der Waals surface area (Å²) in [6.45, 7) is 2.08. The number of amides is 1. The van der Waals surface area contributed by atoms with Gasteiger partial charge in [0.2, 0.25) is 0 Å². The molecule has 2 N–H and O–H groups in total. The molecule has 20 heavy (non-hydrogen) atoms. The maximum absolute atomic E-state index is 12.2. The zero-order valence-electron chi connectivity index (χ0n) is 11.5. The van der Waals surface area contributed by atoms with Crippen LogP contribution in [0.3, 0.4) is 0 Å². The molecular formula is C16H19NO3. The second kappa shape index (κ2) is 3.83. The van der Waals surface area contributed by atoms with E-state index >= 15 is 0 Å². The monoisotopic (exact) mass is 273 g/mol. The van der Waals surface area contributed by atoms with Crippen LogP contribution in [-0.2, 0) is 16.0 Å². The van der Waals surface area contributed by atoms with Crippen LogP contribution < -0.4 is 5.32 Å². The van der Waals surface area contributed by atoms with Gasteiger partial charge in [0.1, 0.15) is 0 Å². The average Bonchev–Trinajstić information content (AvgIpc) is 3.01. The van der Waals surface area contributed by atoms with Gasteiger partial charge in [-0.25, -0.2) is 0 Å². The van der Waals surface area contributed by atoms with Crippen LogP contribution in [0.2, 0.25) is 0 Å². The van der Waals surface area contributed by atoms with Gasteiger partial charge in [0.25, 0.3) is 5.91 Å². The number of ether oxygens (including phenoxy) is 1. The first-order valence-electron chi connectivity index (χ1n) is 7.26. The smallest absolute Gasteiger partial charge is 0.252 e. The Bertz CT molecular complexity index is 560. The highest BCUT2D eigenvalue weighted by Gasteiger charge is 2.68. The number of benzene rings is 1. The van der Waals surface area contributed by atoms with Gasteiger partial charge in [-0.15, -0.1) is 0 Å². The lowest BCUT2D eigenvalue weighted by atomic mass is 9.70. The Morgan fingerprint density at radius 3 is 2.85 bits per heavy atom. The number of carbonyl (C=O) groups excluding carboxylic acids is 1. The number of fused-ring (bicyclic) bond motifs is 2. The van der Waals surface area contributed by atoms with Crippen LogP contribution in [0.15, 0.2) is 30.3 Å². The second-order valence-corrected chi connectivity index (χ2v) is 6.63. The van der Waals surface area contributed by atoms with Gasteiger partial charge in [0.15, 0.2) is 5.60 Å². The number of hydrogen-bond acceptors (Lipinski definition) is 3. The predicted molar refractivity (Wildman–Crippen MR) is 73.0 cm³/mol. The van der Waals surface area contributed by atoms with Crippen LogP contribution >= 0.6 is 0 Å². The molecule has 4 heteroatoms. The van der Waals surface area contributed by atoms with Crippen molar-refractivity contribution in [1.29, 1.82) is 0 Å². The molecule has 5 atom stereocenters. The number of nitrogens with one attached hydrogen (secondary N) is 1. The summed E-state index contributed by atoms with van der Waals surface area (Å²) in [4.78, 5) is 12.2. The quantitative estimate of drug-likeness (QED) is 0.791. The fourth-order valence-corrected chi connectivity index (χ4v) is 3.96. The van der Waals surface area contributed by atoms with Gasteiger partial charge < -0.3 is 15.2 Å². The predicted octanol–water partition coefficient (Wildman–Crippen LogP) is 1.03. The molecule has 4 rings (SSSR count). The first-order valence-corrected chi connectivity index (χ1v) is 7.26. The van der Waals surface area contributed by atoms with Crippen LogP contribution in [-0.4, -0.2) is 34.4 Å². The molecule has 106 valence electrons. The van der Waals surface area contributed by atoms with Gasteiger partial charge in [0, 0.05) is 18.4 Å². The first kappa shape index (κ1) is 12.4. The maximum atomic E-state index is 12.2. The highest BCUT2D eigenvalue weighted by molar-refractivity contribution is 5.88. The van der Waals surface area contributed by atoms with E-state index in [9.17, 15) is 9.90 Å². The normalized spacial score (nSPS) is 45.5. The summed E-state index contributed by atoms with van der Waals surface area (Å²) >= 11 is 0. The van der Waals surface area contributed by atoms with E-state index < -0.39 is 5.60 Å². The van der Waals surface area contributed by atoms with Crippen LogP contribution in [0, 0.1) is 5.92 Å². The van der Waals surface area contributed by atoms with Gasteiger partial charge in [-0.2, -0.15) is 0 Å². The molecule has 0 spiro atoms. The molecule has 0 radical (unpaired) electrons. The second-order valence-electron chi connectivity index (χ2n) is 6.63. The van der Waals surface area contributed by atoms with Gasteiger partial charge in [0.05, 0.1) is 11.7 Å². The molecule has 1 aromatic rings. The van der Waals surface area contributed by atoms with Crippen molar-refractivity contribution in [3.63, 3.8) is 0 Å². The Morgan fingerprint density at radius 2 is 2.10 bits per heavy atom. The van der Waals surface area contributed by atoms with Gasteiger partial charge in [-0.3, -0.25) is 4.79 Å². The third-order valence-corrected chi connectivity index (χ3v) is 5.26. The molecule has 3 fully saturated rings. The summed E-state index contributed by atoms with van der Waals surface area (Å²) in [5.74, 6) is -0.278. The SMILES string of the molecule is CC12C[C@H]3[C@H](Cc4ccccc4)NC(=O)[C@@]3(O)CC1O2. The van der Waals surface area contributed by atoms with Gasteiger partial charge >= 0.3 is 0 Å². The van der Waals surface area contributed by atoms with Crippen LogP contribution in [0.25, 0.3) is 0 Å². The van der Waals surface area contributed by atoms with E-state index in [1.54, 1.807) is 0 Å². The molecule has 1 aliphatic carbocycles. The van der Waals surface area contributed by atoms with E-state index in [1.807, 2.05) is 18.2 Å². The molecule has 3 aliphatic rings. The molecule has 1 amide bonds. The fraction of sp³-hybridized carbons (Fsp3) is 0.562. The zero-order chi connectivity index (χ0) is 14.0. The minimum absolute atomic E-state index is 0.00289. The van der Waals surface area contributed by atoms with Gasteiger partial charge in [-0.1, -0.05) is 30.3 Å². The Morgan fingerprint density at radius 1 is 1.35 bits per heavy atom. The molecule has 0 aromatic heterocycles. The maximum Gasteiger partial charge on any atom is 0.252 e. The van der Waals surface area contributed by atoms with Crippen molar-refractivity contribution in [1.82, 2.24) is 5.32 Å². The summed E-state index contributed by atoms with van der Waals surface area (Å²) in [5.41, 5.74) is -0.177. The molecule has 4 nitrogen and oxygen atoms in total. The van der Waals surface area contributed by atoms with Crippen molar-refractivity contribution in [2.24, 2.45) is 5.92 Å². The number of aliphatic hydroxyl groups is 1. The number of carbonyl (C=O) groups is 1. The molecule has 2 aliphatic heterocycles. The molecular weight excluding hydrogens is 254 g/mol. The lowest BCUT2D eigenvalue weighted by Crippen LogP contribution is -2.49. The van der Waals surface area contributed by atoms with Crippen molar-refractivity contribution in [2.45, 2.75) is 49.5 Å². The first-order chi connectivity index (χ1) is 9.51. The van der Waals surface area contributed by atoms with Crippen molar-refractivity contribution in [2.75, 3.05) is 0 Å². The van der Waals surface area contributed by atoms with Crippen molar-refractivity contribution in [3.05, 3.63) is 35.9 Å². The summed E-state index contributed by atoms with van der Waals surface area (Å²) in [6.07, 6.45) is 2.00. The Labute approximate surface area is 118 Å². The van der Waals surface area contributed by atoms with Crippen molar-refractivity contribution < 1.29 is 14.6 Å². The average molecular weight is 273 g/mol. The van der Waals surface area contributed by atoms with E-state index in [1.165, 1.54) is 5.56 Å². The molecule has 2 saturated heterocycles. The van der Waals surface area contributed by atoms with E-state index in [-0.39, 0.29) is 29.6 Å². The summed E-state index contributed by atoms with van der Waals surface area (Å²) in [7, 11) is 0. The molecule has 2 unspecified atom stereocenters. The summed E-state index contributed by atoms with van der Waals surface area (Å²) < 4.78 is 5.67. The topological polar surface area (TPSA) is 61.9 Å². The molecule has 1 aromatic carbocycles. The number of hydrogen-bond donors (Lipinski definition) is 2. The Balaban J connectivity index is 1.60. The molecule has 1 saturated carbocycles. The summed E-state index contributed by atoms with van der Waals surface area (Å²) in [5, 5.41) is 13.7. The standard InChI is InChI=1S/C16H19NO3/c1-15-8-11-12(7-10-5-3-2-4-6-10)17-14(18)16(11,19)9-13(15)20-15/h2-6,11-13,19H,7-9H2,1H3,(H,17,18)/t11-,12-,13?,15?,16+/m0/s1. The van der Waals surface area contributed by atoms with Gasteiger partial charge in [-0.05, 0) is 25.3 Å². The Kier molecular flexibility index (Phi) is 2.37. The fourth-order valence-electron chi connectivity index (χ4n) is 3.96. The molecule has 2 heterocycles. The summed E-state index contributed by atoms with van der Waals surface area (Å²) in [6, 6.07) is 10.1. The van der Waals surface area contributed by atoms with Crippen molar-refractivity contribution in [3.8, 4) is 0 Å². The van der Waals surface area contributed by atoms with E-state index in [0.717, 1.165) is 12.8 Å². The van der Waals surface area contributed by atoms with Crippen molar-refractivity contribution >= 4 is 5.91 Å². The van der Waals surface area contributed by atoms with Crippen LogP contribution in [0.1, 0.15) is 25.3 Å². The number of epoxide rings is 1. The lowest BCUT2D eigenvalue weighted by Gasteiger charge is -2.34. The highest BCUT2D eigenvalue weighted by Crippen LogP contribution is 2.55. The third kappa shape index (κ3) is 1.64. The highest BCUT2D eigenvalue weighted by atomic mass is 16.6. The largest absolute Gasteiger partial charge is 0.380 e. The minimum atomic E-state index is -1.24. The number of rotatable bonds is 2. The lowest BCUT2D eigenvalue weighted by molar-refractivity contribution is -0.140.